The highest BCUT2D eigenvalue weighted by Gasteiger charge is 1.95. The lowest BCUT2D eigenvalue weighted by Crippen LogP contribution is -1.85. The molecule has 0 aromatic heterocycles. The van der Waals surface area contributed by atoms with Gasteiger partial charge in [-0.25, -0.2) is 0 Å². The van der Waals surface area contributed by atoms with Crippen molar-refractivity contribution in [1.82, 2.24) is 0 Å². The molecule has 0 fully saturated rings. The van der Waals surface area contributed by atoms with E-state index >= 15 is 0 Å². The Morgan fingerprint density at radius 1 is 1.13 bits per heavy atom. The summed E-state index contributed by atoms with van der Waals surface area (Å²) in [5, 5.41) is 0. The second-order valence-corrected chi connectivity index (χ2v) is 6.01. The zero-order valence-corrected chi connectivity index (χ0v) is 11.4. The van der Waals surface area contributed by atoms with Gasteiger partial charge in [0.25, 0.3) is 0 Å². The molecule has 0 N–H and O–H groups in total. The van der Waals surface area contributed by atoms with Crippen LogP contribution >= 0.6 is 35.1 Å². The monoisotopic (exact) mass is 260 g/mol. The molecule has 1 rings (SSSR count). The Morgan fingerprint density at radius 3 is 2.47 bits per heavy atom. The van der Waals surface area contributed by atoms with Gasteiger partial charge in [-0.2, -0.15) is 11.8 Å². The van der Waals surface area contributed by atoms with Crippen LogP contribution in [0, 0.1) is 0 Å². The minimum Gasteiger partial charge on any atom is -0.162 e. The lowest BCUT2D eigenvalue weighted by Gasteiger charge is -2.02. The van der Waals surface area contributed by atoms with Gasteiger partial charge in [0.2, 0.25) is 0 Å². The quantitative estimate of drug-likeness (QED) is 0.397. The summed E-state index contributed by atoms with van der Waals surface area (Å²) in [6.07, 6.45) is 1.29. The van der Waals surface area contributed by atoms with Crippen LogP contribution in [0.15, 0.2) is 29.2 Å². The van der Waals surface area contributed by atoms with E-state index in [0.29, 0.717) is 5.88 Å². The van der Waals surface area contributed by atoms with Crippen molar-refractivity contribution >= 4 is 35.1 Å². The van der Waals surface area contributed by atoms with Crippen molar-refractivity contribution in [2.75, 3.05) is 17.3 Å². The van der Waals surface area contributed by atoms with Crippen molar-refractivity contribution in [2.24, 2.45) is 0 Å². The van der Waals surface area contributed by atoms with E-state index in [-0.39, 0.29) is 0 Å². The van der Waals surface area contributed by atoms with Crippen LogP contribution < -0.4 is 0 Å². The number of halogens is 1. The van der Waals surface area contributed by atoms with Gasteiger partial charge in [-0.15, -0.1) is 23.4 Å². The molecule has 1 aromatic rings. The average molecular weight is 261 g/mol. The summed E-state index contributed by atoms with van der Waals surface area (Å²) in [6, 6.07) is 8.54. The summed E-state index contributed by atoms with van der Waals surface area (Å²) in [4.78, 5) is 1.35. The van der Waals surface area contributed by atoms with E-state index in [1.165, 1.54) is 34.1 Å². The van der Waals surface area contributed by atoms with Crippen LogP contribution in [0.3, 0.4) is 0 Å². The molecule has 0 nitrogen and oxygen atoms in total. The molecule has 0 amide bonds. The van der Waals surface area contributed by atoms with Crippen molar-refractivity contribution < 1.29 is 0 Å². The van der Waals surface area contributed by atoms with Crippen LogP contribution in [0.4, 0.5) is 0 Å². The number of hydrogen-bond donors (Lipinski definition) is 0. The first-order valence-corrected chi connectivity index (χ1v) is 7.89. The van der Waals surface area contributed by atoms with Gasteiger partial charge < -0.3 is 0 Å². The van der Waals surface area contributed by atoms with E-state index in [2.05, 4.69) is 31.2 Å². The van der Waals surface area contributed by atoms with Crippen LogP contribution in [0.2, 0.25) is 0 Å². The van der Waals surface area contributed by atoms with Crippen LogP contribution in [0.25, 0.3) is 0 Å². The van der Waals surface area contributed by atoms with Gasteiger partial charge in [0.15, 0.2) is 0 Å². The Labute approximate surface area is 106 Å². The van der Waals surface area contributed by atoms with Gasteiger partial charge in [0.05, 0.1) is 0 Å². The van der Waals surface area contributed by atoms with Crippen LogP contribution in [0.1, 0.15) is 18.9 Å². The maximum atomic E-state index is 5.73. The SMILES string of the molecule is CCSCCCSc1ccc(CCl)cc1. The second-order valence-electron chi connectivity index (χ2n) is 3.18. The standard InChI is InChI=1S/C12H17ClS2/c1-2-14-8-3-9-15-12-6-4-11(10-13)5-7-12/h4-7H,2-3,8-10H2,1H3. The van der Waals surface area contributed by atoms with Gasteiger partial charge in [-0.05, 0) is 41.4 Å². The van der Waals surface area contributed by atoms with Gasteiger partial charge in [0, 0.05) is 10.8 Å². The molecule has 0 radical (unpaired) electrons. The molecule has 0 heterocycles. The lowest BCUT2D eigenvalue weighted by molar-refractivity contribution is 1.12. The van der Waals surface area contributed by atoms with E-state index in [9.17, 15) is 0 Å². The summed E-state index contributed by atoms with van der Waals surface area (Å²) in [5.41, 5.74) is 1.20. The first-order chi connectivity index (χ1) is 7.36. The molecule has 15 heavy (non-hydrogen) atoms. The highest BCUT2D eigenvalue weighted by atomic mass is 35.5. The zero-order valence-electron chi connectivity index (χ0n) is 9.04. The fourth-order valence-electron chi connectivity index (χ4n) is 1.17. The van der Waals surface area contributed by atoms with E-state index < -0.39 is 0 Å². The van der Waals surface area contributed by atoms with Crippen molar-refractivity contribution in [2.45, 2.75) is 24.1 Å². The van der Waals surface area contributed by atoms with E-state index in [0.717, 1.165) is 0 Å². The smallest absolute Gasteiger partial charge is 0.0474 e. The molecule has 84 valence electrons. The van der Waals surface area contributed by atoms with Crippen LogP contribution in [-0.4, -0.2) is 17.3 Å². The number of alkyl halides is 1. The van der Waals surface area contributed by atoms with E-state index in [1.807, 2.05) is 23.5 Å². The predicted molar refractivity (Wildman–Crippen MR) is 74.3 cm³/mol. The molecule has 0 bridgehead atoms. The molecule has 0 aliphatic rings. The average Bonchev–Trinajstić information content (AvgIpc) is 2.30. The number of benzene rings is 1. The fourth-order valence-corrected chi connectivity index (χ4v) is 3.02. The second kappa shape index (κ2) is 8.37. The third-order valence-electron chi connectivity index (χ3n) is 1.98. The summed E-state index contributed by atoms with van der Waals surface area (Å²) in [6.45, 7) is 2.21. The van der Waals surface area contributed by atoms with Crippen molar-refractivity contribution in [1.29, 1.82) is 0 Å². The van der Waals surface area contributed by atoms with Crippen LogP contribution in [-0.2, 0) is 5.88 Å². The maximum absolute atomic E-state index is 5.73. The molecule has 0 spiro atoms. The first-order valence-electron chi connectivity index (χ1n) is 5.22. The highest BCUT2D eigenvalue weighted by molar-refractivity contribution is 8.00. The normalized spacial score (nSPS) is 10.5. The third-order valence-corrected chi connectivity index (χ3v) is 4.38. The minimum atomic E-state index is 0.609. The number of hydrogen-bond acceptors (Lipinski definition) is 2. The summed E-state index contributed by atoms with van der Waals surface area (Å²) >= 11 is 9.68. The van der Waals surface area contributed by atoms with Crippen LogP contribution in [0.5, 0.6) is 0 Å². The molecule has 3 heteroatoms. The first kappa shape index (κ1) is 13.3. The Balaban J connectivity index is 2.20. The molecule has 0 aliphatic carbocycles. The van der Waals surface area contributed by atoms with Crippen molar-refractivity contribution in [3.05, 3.63) is 29.8 Å². The number of rotatable bonds is 7. The molecule has 0 aliphatic heterocycles. The highest BCUT2D eigenvalue weighted by Crippen LogP contribution is 2.20. The Morgan fingerprint density at radius 2 is 1.87 bits per heavy atom. The third kappa shape index (κ3) is 5.74. The van der Waals surface area contributed by atoms with Gasteiger partial charge in [-0.3, -0.25) is 0 Å². The van der Waals surface area contributed by atoms with Gasteiger partial charge in [0.1, 0.15) is 0 Å². The number of thioether (sulfide) groups is 2. The van der Waals surface area contributed by atoms with Crippen molar-refractivity contribution in [3.8, 4) is 0 Å². The Bertz CT molecular complexity index is 259. The Kier molecular flexibility index (Phi) is 7.41. The Hall–Kier alpha value is 0.210. The largest absolute Gasteiger partial charge is 0.162 e. The molecular formula is C12H17ClS2. The zero-order chi connectivity index (χ0) is 10.9. The van der Waals surface area contributed by atoms with Crippen molar-refractivity contribution in [3.63, 3.8) is 0 Å². The minimum absolute atomic E-state index is 0.609. The van der Waals surface area contributed by atoms with E-state index in [1.54, 1.807) is 0 Å². The summed E-state index contributed by atoms with van der Waals surface area (Å²) < 4.78 is 0. The molecule has 0 unspecified atom stereocenters. The molecule has 1 aromatic carbocycles. The topological polar surface area (TPSA) is 0 Å². The predicted octanol–water partition coefficient (Wildman–Crippen LogP) is 4.66. The maximum Gasteiger partial charge on any atom is 0.0474 e. The molecular weight excluding hydrogens is 244 g/mol. The summed E-state index contributed by atoms with van der Waals surface area (Å²) in [5.74, 6) is 4.34. The van der Waals surface area contributed by atoms with Gasteiger partial charge >= 0.3 is 0 Å². The molecule has 0 saturated carbocycles. The fraction of sp³-hybridized carbons (Fsp3) is 0.500. The lowest BCUT2D eigenvalue weighted by atomic mass is 10.2. The van der Waals surface area contributed by atoms with E-state index in [4.69, 9.17) is 11.6 Å². The molecule has 0 saturated heterocycles. The summed E-state index contributed by atoms with van der Waals surface area (Å²) in [7, 11) is 0. The van der Waals surface area contributed by atoms with Gasteiger partial charge in [-0.1, -0.05) is 19.1 Å². The molecule has 0 atom stereocenters.